The molecule has 110 valence electrons. The second kappa shape index (κ2) is 5.47. The number of nitrogens with zero attached hydrogens (tertiary/aromatic N) is 5. The maximum Gasteiger partial charge on any atom is 0.305 e. The number of carboxylic acids is 1. The molecule has 8 nitrogen and oxygen atoms in total. The van der Waals surface area contributed by atoms with Gasteiger partial charge in [0.1, 0.15) is 5.75 Å². The maximum atomic E-state index is 11.1. The molecule has 0 amide bonds. The van der Waals surface area contributed by atoms with E-state index in [9.17, 15) is 4.79 Å². The fraction of sp³-hybridized carbons (Fsp3) is 0.462. The molecular formula is C13H15N5O3. The summed E-state index contributed by atoms with van der Waals surface area (Å²) in [6.07, 6.45) is 5.23. The lowest BCUT2D eigenvalue weighted by molar-refractivity contribution is -0.138. The van der Waals surface area contributed by atoms with Gasteiger partial charge in [0.25, 0.3) is 0 Å². The predicted octanol–water partition coefficient (Wildman–Crippen LogP) is 1.17. The summed E-state index contributed by atoms with van der Waals surface area (Å²) >= 11 is 0. The van der Waals surface area contributed by atoms with Crippen molar-refractivity contribution < 1.29 is 14.6 Å². The average Bonchev–Trinajstić information content (AvgIpc) is 3.21. The highest BCUT2D eigenvalue weighted by atomic mass is 16.5. The van der Waals surface area contributed by atoms with E-state index in [0.717, 1.165) is 12.8 Å². The van der Waals surface area contributed by atoms with E-state index in [4.69, 9.17) is 9.84 Å². The third-order valence-corrected chi connectivity index (χ3v) is 3.60. The highest BCUT2D eigenvalue weighted by Gasteiger charge is 2.36. The Morgan fingerprint density at radius 3 is 3.05 bits per heavy atom. The summed E-state index contributed by atoms with van der Waals surface area (Å²) in [4.78, 5) is 15.1. The summed E-state index contributed by atoms with van der Waals surface area (Å²) in [7, 11) is 1.55. The van der Waals surface area contributed by atoms with Gasteiger partial charge < -0.3 is 9.84 Å². The number of ether oxygens (including phenoxy) is 1. The Morgan fingerprint density at radius 1 is 1.57 bits per heavy atom. The monoisotopic (exact) mass is 289 g/mol. The van der Waals surface area contributed by atoms with Gasteiger partial charge in [-0.25, -0.2) is 4.68 Å². The number of rotatable bonds is 6. The lowest BCUT2D eigenvalue weighted by Crippen LogP contribution is -2.18. The van der Waals surface area contributed by atoms with Crippen LogP contribution >= 0.6 is 0 Å². The first-order valence-corrected chi connectivity index (χ1v) is 6.68. The zero-order chi connectivity index (χ0) is 14.8. The molecule has 3 rings (SSSR count). The maximum absolute atomic E-state index is 11.1. The molecule has 0 bridgehead atoms. The molecule has 1 unspecified atom stereocenters. The van der Waals surface area contributed by atoms with E-state index in [-0.39, 0.29) is 12.5 Å². The van der Waals surface area contributed by atoms with Crippen molar-refractivity contribution in [2.24, 2.45) is 5.92 Å². The Labute approximate surface area is 120 Å². The lowest BCUT2D eigenvalue weighted by atomic mass is 10.1. The molecular weight excluding hydrogens is 274 g/mol. The second-order valence-electron chi connectivity index (χ2n) is 5.03. The Kier molecular flexibility index (Phi) is 3.51. The predicted molar refractivity (Wildman–Crippen MR) is 71.6 cm³/mol. The van der Waals surface area contributed by atoms with Crippen molar-refractivity contribution in [2.75, 3.05) is 7.11 Å². The van der Waals surface area contributed by atoms with Crippen LogP contribution in [0, 0.1) is 5.92 Å². The largest absolute Gasteiger partial charge is 0.494 e. The van der Waals surface area contributed by atoms with E-state index < -0.39 is 5.97 Å². The molecule has 2 heterocycles. The molecule has 0 aromatic carbocycles. The van der Waals surface area contributed by atoms with Crippen LogP contribution in [0.25, 0.3) is 11.4 Å². The number of hydrogen-bond donors (Lipinski definition) is 1. The van der Waals surface area contributed by atoms with Crippen molar-refractivity contribution in [3.63, 3.8) is 0 Å². The molecule has 1 aliphatic carbocycles. The van der Waals surface area contributed by atoms with Gasteiger partial charge in [-0.05, 0) is 35.3 Å². The average molecular weight is 289 g/mol. The Hall–Kier alpha value is -2.51. The molecule has 2 aromatic heterocycles. The van der Waals surface area contributed by atoms with Crippen LogP contribution in [-0.4, -0.2) is 43.4 Å². The van der Waals surface area contributed by atoms with Crippen LogP contribution in [0.5, 0.6) is 5.75 Å². The number of hydrogen-bond acceptors (Lipinski definition) is 6. The van der Waals surface area contributed by atoms with Gasteiger partial charge in [-0.15, -0.1) is 5.10 Å². The zero-order valence-electron chi connectivity index (χ0n) is 11.5. The summed E-state index contributed by atoms with van der Waals surface area (Å²) in [5.74, 6) is 0.525. The number of carboxylic acid groups (broad SMARTS) is 1. The first-order chi connectivity index (χ1) is 10.2. The summed E-state index contributed by atoms with van der Waals surface area (Å²) in [6.45, 7) is 0. The highest BCUT2D eigenvalue weighted by molar-refractivity contribution is 5.68. The normalized spacial score (nSPS) is 15.7. The van der Waals surface area contributed by atoms with Gasteiger partial charge in [-0.2, -0.15) is 0 Å². The quantitative estimate of drug-likeness (QED) is 0.851. The standard InChI is InChI=1S/C13H15N5O3/c1-21-11-7-14-5-4-9(11)13-15-16-17-18(13)10(6-12(19)20)8-2-3-8/h4-5,7-8,10H,2-3,6H2,1H3,(H,19,20). The smallest absolute Gasteiger partial charge is 0.305 e. The number of methoxy groups -OCH3 is 1. The van der Waals surface area contributed by atoms with Crippen LogP contribution in [-0.2, 0) is 4.79 Å². The van der Waals surface area contributed by atoms with Gasteiger partial charge in [-0.3, -0.25) is 9.78 Å². The molecule has 1 fully saturated rings. The molecule has 1 N–H and O–H groups in total. The summed E-state index contributed by atoms with van der Waals surface area (Å²) in [5, 5.41) is 20.8. The van der Waals surface area contributed by atoms with Crippen molar-refractivity contribution in [2.45, 2.75) is 25.3 Å². The Morgan fingerprint density at radius 2 is 2.38 bits per heavy atom. The summed E-state index contributed by atoms with van der Waals surface area (Å²) < 4.78 is 6.87. The summed E-state index contributed by atoms with van der Waals surface area (Å²) in [6, 6.07) is 1.52. The van der Waals surface area contributed by atoms with Crippen molar-refractivity contribution in [3.8, 4) is 17.1 Å². The number of tetrazole rings is 1. The number of aromatic nitrogens is 5. The second-order valence-corrected chi connectivity index (χ2v) is 5.03. The topological polar surface area (TPSA) is 103 Å². The minimum Gasteiger partial charge on any atom is -0.494 e. The van der Waals surface area contributed by atoms with Gasteiger partial charge in [-0.1, -0.05) is 0 Å². The van der Waals surface area contributed by atoms with E-state index in [1.54, 1.807) is 30.3 Å². The molecule has 0 saturated heterocycles. The third kappa shape index (κ3) is 2.69. The highest BCUT2D eigenvalue weighted by Crippen LogP contribution is 2.43. The van der Waals surface area contributed by atoms with E-state index in [0.29, 0.717) is 23.1 Å². The van der Waals surface area contributed by atoms with Crippen molar-refractivity contribution in [3.05, 3.63) is 18.5 Å². The molecule has 8 heteroatoms. The van der Waals surface area contributed by atoms with Crippen LogP contribution in [0.2, 0.25) is 0 Å². The zero-order valence-corrected chi connectivity index (χ0v) is 11.5. The van der Waals surface area contributed by atoms with Crippen LogP contribution in [0.1, 0.15) is 25.3 Å². The van der Waals surface area contributed by atoms with Crippen molar-refractivity contribution >= 4 is 5.97 Å². The fourth-order valence-corrected chi connectivity index (χ4v) is 2.43. The van der Waals surface area contributed by atoms with E-state index in [1.807, 2.05) is 0 Å². The molecule has 1 aliphatic rings. The molecule has 1 saturated carbocycles. The lowest BCUT2D eigenvalue weighted by Gasteiger charge is -2.16. The molecule has 21 heavy (non-hydrogen) atoms. The van der Waals surface area contributed by atoms with Gasteiger partial charge in [0, 0.05) is 6.20 Å². The van der Waals surface area contributed by atoms with Gasteiger partial charge in [0.05, 0.1) is 31.3 Å². The molecule has 0 spiro atoms. The first kappa shape index (κ1) is 13.5. The number of carbonyl (C=O) groups is 1. The Bertz CT molecular complexity index is 653. The van der Waals surface area contributed by atoms with Gasteiger partial charge in [0.15, 0.2) is 5.82 Å². The van der Waals surface area contributed by atoms with Crippen LogP contribution in [0.3, 0.4) is 0 Å². The number of aliphatic carboxylic acids is 1. The fourth-order valence-electron chi connectivity index (χ4n) is 2.43. The minimum atomic E-state index is -0.852. The third-order valence-electron chi connectivity index (χ3n) is 3.60. The van der Waals surface area contributed by atoms with E-state index >= 15 is 0 Å². The molecule has 2 aromatic rings. The molecule has 1 atom stereocenters. The molecule has 0 radical (unpaired) electrons. The van der Waals surface area contributed by atoms with Crippen molar-refractivity contribution in [1.82, 2.24) is 25.2 Å². The van der Waals surface area contributed by atoms with Crippen LogP contribution < -0.4 is 4.74 Å². The summed E-state index contributed by atoms with van der Waals surface area (Å²) in [5.41, 5.74) is 0.702. The SMILES string of the molecule is COc1cnccc1-c1nnnn1C(CC(=O)O)C1CC1. The van der Waals surface area contributed by atoms with E-state index in [1.165, 1.54) is 0 Å². The van der Waals surface area contributed by atoms with Crippen LogP contribution in [0.15, 0.2) is 18.5 Å². The van der Waals surface area contributed by atoms with E-state index in [2.05, 4.69) is 20.5 Å². The van der Waals surface area contributed by atoms with Crippen LogP contribution in [0.4, 0.5) is 0 Å². The molecule has 0 aliphatic heterocycles. The first-order valence-electron chi connectivity index (χ1n) is 6.68. The van der Waals surface area contributed by atoms with Gasteiger partial charge >= 0.3 is 5.97 Å². The number of pyridine rings is 1. The van der Waals surface area contributed by atoms with Gasteiger partial charge in [0.2, 0.25) is 0 Å². The minimum absolute atomic E-state index is 0.0100. The van der Waals surface area contributed by atoms with Crippen molar-refractivity contribution in [1.29, 1.82) is 0 Å². The Balaban J connectivity index is 2.01.